The molecule has 0 aliphatic rings. The number of hydrogen-bond donors (Lipinski definition) is 1. The van der Waals surface area contributed by atoms with E-state index < -0.39 is 11.0 Å². The molecule has 6 nitrogen and oxygen atoms in total. The fraction of sp³-hybridized carbons (Fsp3) is 0.0714. The molecule has 0 atom stereocenters. The summed E-state index contributed by atoms with van der Waals surface area (Å²) < 4.78 is 0. The van der Waals surface area contributed by atoms with E-state index in [9.17, 15) is 20.0 Å². The largest absolute Gasteiger partial charge is 0.465 e. The summed E-state index contributed by atoms with van der Waals surface area (Å²) in [6.07, 6.45) is -1.16. The van der Waals surface area contributed by atoms with E-state index in [-0.39, 0.29) is 12.2 Å². The maximum atomic E-state index is 11.3. The zero-order chi connectivity index (χ0) is 14.5. The molecule has 0 heterocycles. The Morgan fingerprint density at radius 3 is 2.30 bits per heavy atom. The van der Waals surface area contributed by atoms with Gasteiger partial charge in [-0.3, -0.25) is 15.0 Å². The number of hydrogen-bond acceptors (Lipinski definition) is 3. The van der Waals surface area contributed by atoms with Crippen molar-refractivity contribution in [3.63, 3.8) is 0 Å². The molecule has 2 rings (SSSR count). The molecule has 20 heavy (non-hydrogen) atoms. The minimum atomic E-state index is -1.16. The number of nitro groups is 1. The molecule has 2 aromatic rings. The highest BCUT2D eigenvalue weighted by Crippen LogP contribution is 2.23. The van der Waals surface area contributed by atoms with Crippen LogP contribution in [0.25, 0.3) is 0 Å². The number of carboxylic acid groups (broad SMARTS) is 1. The van der Waals surface area contributed by atoms with Crippen molar-refractivity contribution in [2.24, 2.45) is 0 Å². The van der Waals surface area contributed by atoms with Gasteiger partial charge < -0.3 is 5.11 Å². The van der Waals surface area contributed by atoms with Crippen molar-refractivity contribution >= 4 is 17.5 Å². The molecule has 2 aromatic carbocycles. The Balaban J connectivity index is 2.35. The Hall–Kier alpha value is -2.89. The summed E-state index contributed by atoms with van der Waals surface area (Å²) in [6.45, 7) is -0.0729. The first-order valence-corrected chi connectivity index (χ1v) is 5.87. The summed E-state index contributed by atoms with van der Waals surface area (Å²) in [5.41, 5.74) is 0.733. The van der Waals surface area contributed by atoms with Crippen molar-refractivity contribution in [1.82, 2.24) is 0 Å². The SMILES string of the molecule is O=C(O)N(Cc1ccccc1[N+](=O)[O-])c1ccccc1. The molecule has 102 valence electrons. The Morgan fingerprint density at radius 2 is 1.70 bits per heavy atom. The van der Waals surface area contributed by atoms with E-state index in [2.05, 4.69) is 0 Å². The van der Waals surface area contributed by atoms with Gasteiger partial charge >= 0.3 is 6.09 Å². The number of benzene rings is 2. The molecule has 0 bridgehead atoms. The molecule has 0 spiro atoms. The van der Waals surface area contributed by atoms with Gasteiger partial charge in [0.1, 0.15) is 0 Å². The van der Waals surface area contributed by atoms with Gasteiger partial charge in [-0.2, -0.15) is 0 Å². The van der Waals surface area contributed by atoms with Gasteiger partial charge in [-0.05, 0) is 12.1 Å². The van der Waals surface area contributed by atoms with E-state index in [1.807, 2.05) is 0 Å². The second-order valence-electron chi connectivity index (χ2n) is 4.09. The monoisotopic (exact) mass is 272 g/mol. The van der Waals surface area contributed by atoms with Crippen molar-refractivity contribution in [1.29, 1.82) is 0 Å². The topological polar surface area (TPSA) is 83.7 Å². The number of nitrogens with zero attached hydrogens (tertiary/aromatic N) is 2. The highest BCUT2D eigenvalue weighted by Gasteiger charge is 2.20. The second kappa shape index (κ2) is 5.83. The zero-order valence-corrected chi connectivity index (χ0v) is 10.5. The summed E-state index contributed by atoms with van der Waals surface area (Å²) >= 11 is 0. The third-order valence-corrected chi connectivity index (χ3v) is 2.82. The molecule has 0 saturated carbocycles. The average molecular weight is 272 g/mol. The van der Waals surface area contributed by atoms with E-state index >= 15 is 0 Å². The van der Waals surface area contributed by atoms with Crippen LogP contribution in [0.15, 0.2) is 54.6 Å². The molecule has 1 N–H and O–H groups in total. The smallest absolute Gasteiger partial charge is 0.412 e. The Bertz CT molecular complexity index is 628. The highest BCUT2D eigenvalue weighted by molar-refractivity contribution is 5.86. The molecule has 0 aromatic heterocycles. The van der Waals surface area contributed by atoms with Crippen molar-refractivity contribution in [2.75, 3.05) is 4.90 Å². The minimum Gasteiger partial charge on any atom is -0.465 e. The summed E-state index contributed by atoms with van der Waals surface area (Å²) in [5.74, 6) is 0. The fourth-order valence-electron chi connectivity index (χ4n) is 1.87. The molecule has 1 amide bonds. The van der Waals surface area contributed by atoms with Gasteiger partial charge in [0.25, 0.3) is 5.69 Å². The number of carbonyl (C=O) groups is 1. The van der Waals surface area contributed by atoms with Crippen LogP contribution in [0.4, 0.5) is 16.2 Å². The minimum absolute atomic E-state index is 0.0729. The maximum absolute atomic E-state index is 11.3. The van der Waals surface area contributed by atoms with Crippen molar-refractivity contribution in [3.05, 3.63) is 70.3 Å². The average Bonchev–Trinajstić information content (AvgIpc) is 2.45. The van der Waals surface area contributed by atoms with E-state index in [0.717, 1.165) is 4.90 Å². The summed E-state index contributed by atoms with van der Waals surface area (Å²) in [7, 11) is 0. The van der Waals surface area contributed by atoms with Crippen LogP contribution in [0.1, 0.15) is 5.56 Å². The van der Waals surface area contributed by atoms with Crippen molar-refractivity contribution in [2.45, 2.75) is 6.54 Å². The number of rotatable bonds is 4. The summed E-state index contributed by atoms with van der Waals surface area (Å²) in [6, 6.07) is 14.6. The Morgan fingerprint density at radius 1 is 1.10 bits per heavy atom. The number of nitro benzene ring substituents is 1. The van der Waals surface area contributed by atoms with Gasteiger partial charge in [0.15, 0.2) is 0 Å². The predicted octanol–water partition coefficient (Wildman–Crippen LogP) is 3.28. The molecule has 0 aliphatic carbocycles. The van der Waals surface area contributed by atoms with Crippen LogP contribution in [0, 0.1) is 10.1 Å². The van der Waals surface area contributed by atoms with Crippen LogP contribution in [0.3, 0.4) is 0 Å². The van der Waals surface area contributed by atoms with Crippen molar-refractivity contribution < 1.29 is 14.8 Å². The molecule has 0 fully saturated rings. The molecule has 6 heteroatoms. The lowest BCUT2D eigenvalue weighted by Gasteiger charge is -2.19. The number of anilines is 1. The maximum Gasteiger partial charge on any atom is 0.412 e. The normalized spacial score (nSPS) is 10.0. The lowest BCUT2D eigenvalue weighted by atomic mass is 10.1. The summed E-state index contributed by atoms with van der Waals surface area (Å²) in [4.78, 5) is 22.8. The van der Waals surface area contributed by atoms with Gasteiger partial charge in [0.2, 0.25) is 0 Å². The van der Waals surface area contributed by atoms with Crippen LogP contribution < -0.4 is 4.90 Å². The third-order valence-electron chi connectivity index (χ3n) is 2.82. The van der Waals surface area contributed by atoms with E-state index in [0.29, 0.717) is 11.3 Å². The fourth-order valence-corrected chi connectivity index (χ4v) is 1.87. The van der Waals surface area contributed by atoms with E-state index in [4.69, 9.17) is 0 Å². The molecule has 0 unspecified atom stereocenters. The van der Waals surface area contributed by atoms with Gasteiger partial charge in [0, 0.05) is 17.3 Å². The van der Waals surface area contributed by atoms with Crippen LogP contribution in [0.5, 0.6) is 0 Å². The van der Waals surface area contributed by atoms with Gasteiger partial charge in [-0.15, -0.1) is 0 Å². The highest BCUT2D eigenvalue weighted by atomic mass is 16.6. The Kier molecular flexibility index (Phi) is 3.95. The first-order valence-electron chi connectivity index (χ1n) is 5.87. The van der Waals surface area contributed by atoms with Crippen LogP contribution >= 0.6 is 0 Å². The van der Waals surface area contributed by atoms with E-state index in [1.54, 1.807) is 48.5 Å². The molecule has 0 radical (unpaired) electrons. The first kappa shape index (κ1) is 13.5. The van der Waals surface area contributed by atoms with Crippen molar-refractivity contribution in [3.8, 4) is 0 Å². The molecule has 0 aliphatic heterocycles. The molecular formula is C14H12N2O4. The summed E-state index contributed by atoms with van der Waals surface area (Å²) in [5, 5.41) is 20.2. The quantitative estimate of drug-likeness (QED) is 0.683. The molecular weight excluding hydrogens is 260 g/mol. The number of amides is 1. The van der Waals surface area contributed by atoms with Gasteiger partial charge in [-0.1, -0.05) is 36.4 Å². The van der Waals surface area contributed by atoms with Crippen LogP contribution in [0.2, 0.25) is 0 Å². The lowest BCUT2D eigenvalue weighted by Crippen LogP contribution is -2.28. The van der Waals surface area contributed by atoms with Gasteiger partial charge in [-0.25, -0.2) is 4.79 Å². The van der Waals surface area contributed by atoms with Crippen LogP contribution in [-0.2, 0) is 6.54 Å². The number of para-hydroxylation sites is 2. The first-order chi connectivity index (χ1) is 9.59. The van der Waals surface area contributed by atoms with E-state index in [1.165, 1.54) is 6.07 Å². The second-order valence-corrected chi connectivity index (χ2v) is 4.09. The zero-order valence-electron chi connectivity index (χ0n) is 10.5. The Labute approximate surface area is 115 Å². The lowest BCUT2D eigenvalue weighted by molar-refractivity contribution is -0.385. The predicted molar refractivity (Wildman–Crippen MR) is 73.7 cm³/mol. The third kappa shape index (κ3) is 2.92. The standard InChI is InChI=1S/C14H12N2O4/c17-14(18)15(12-7-2-1-3-8-12)10-11-6-4-5-9-13(11)16(19)20/h1-9H,10H2,(H,17,18). The van der Waals surface area contributed by atoms with Crippen LogP contribution in [-0.4, -0.2) is 16.1 Å². The van der Waals surface area contributed by atoms with Gasteiger partial charge in [0.05, 0.1) is 11.5 Å². The molecule has 0 saturated heterocycles.